The number of amides is 1. The van der Waals surface area contributed by atoms with Gasteiger partial charge in [0.2, 0.25) is 0 Å². The van der Waals surface area contributed by atoms with Crippen molar-refractivity contribution < 1.29 is 4.79 Å². The summed E-state index contributed by atoms with van der Waals surface area (Å²) in [6.45, 7) is 3.91. The molecule has 0 spiro atoms. The van der Waals surface area contributed by atoms with Gasteiger partial charge in [-0.3, -0.25) is 4.79 Å². The first-order valence-electron chi connectivity index (χ1n) is 9.40. The first-order valence-corrected chi connectivity index (χ1v) is 10.6. The third-order valence-electron chi connectivity index (χ3n) is 4.94. The van der Waals surface area contributed by atoms with Gasteiger partial charge in [-0.25, -0.2) is 0 Å². The monoisotopic (exact) mass is 478 g/mol. The lowest BCUT2D eigenvalue weighted by Gasteiger charge is -2.10. The van der Waals surface area contributed by atoms with Crippen LogP contribution in [0.5, 0.6) is 0 Å². The van der Waals surface area contributed by atoms with Crippen LogP contribution < -0.4 is 5.32 Å². The minimum atomic E-state index is -0.445. The maximum Gasteiger partial charge on any atom is 0.266 e. The Labute approximate surface area is 190 Å². The summed E-state index contributed by atoms with van der Waals surface area (Å²) < 4.78 is 1.03. The van der Waals surface area contributed by atoms with E-state index in [4.69, 9.17) is 11.6 Å². The molecule has 0 fully saturated rings. The predicted molar refractivity (Wildman–Crippen MR) is 127 cm³/mol. The first-order chi connectivity index (χ1) is 14.4. The lowest BCUT2D eigenvalue weighted by atomic mass is 10.0. The summed E-state index contributed by atoms with van der Waals surface area (Å²) in [6, 6.07) is 21.2. The van der Waals surface area contributed by atoms with Gasteiger partial charge in [-0.05, 0) is 65.9 Å². The number of benzene rings is 3. The smallest absolute Gasteiger partial charge is 0.266 e. The summed E-state index contributed by atoms with van der Waals surface area (Å²) >= 11 is 10.0. The van der Waals surface area contributed by atoms with E-state index in [1.807, 2.05) is 74.5 Å². The molecule has 0 saturated heterocycles. The molecule has 3 nitrogen and oxygen atoms in total. The Morgan fingerprint density at radius 2 is 1.87 bits per heavy atom. The Morgan fingerprint density at radius 3 is 2.57 bits per heavy atom. The summed E-state index contributed by atoms with van der Waals surface area (Å²) in [7, 11) is 0. The highest BCUT2D eigenvalue weighted by Crippen LogP contribution is 2.26. The zero-order chi connectivity index (χ0) is 21.7. The molecule has 0 saturated carbocycles. The Balaban J connectivity index is 1.81. The number of nitriles is 1. The maximum atomic E-state index is 12.6. The molecule has 3 rings (SSSR count). The van der Waals surface area contributed by atoms with E-state index in [0.29, 0.717) is 22.7 Å². The molecule has 3 aromatic carbocycles. The fourth-order valence-electron chi connectivity index (χ4n) is 3.04. The topological polar surface area (TPSA) is 52.9 Å². The zero-order valence-electron chi connectivity index (χ0n) is 16.7. The molecule has 0 aliphatic carbocycles. The number of halogens is 2. The molecule has 0 atom stereocenters. The molecule has 0 aliphatic rings. The van der Waals surface area contributed by atoms with Gasteiger partial charge in [0.1, 0.15) is 11.6 Å². The third kappa shape index (κ3) is 5.18. The molecule has 1 N–H and O–H groups in total. The van der Waals surface area contributed by atoms with Gasteiger partial charge in [0.05, 0.1) is 0 Å². The number of rotatable bonds is 5. The summed E-state index contributed by atoms with van der Waals surface area (Å²) in [5.41, 5.74) is 5.56. The van der Waals surface area contributed by atoms with Crippen LogP contribution in [0.3, 0.4) is 0 Å². The quantitative estimate of drug-likeness (QED) is 0.321. The second-order valence-corrected chi connectivity index (χ2v) is 8.25. The zero-order valence-corrected chi connectivity index (χ0v) is 19.0. The van der Waals surface area contributed by atoms with Crippen molar-refractivity contribution in [1.29, 1.82) is 5.26 Å². The molecule has 0 bridgehead atoms. The van der Waals surface area contributed by atoms with Crippen molar-refractivity contribution in [3.63, 3.8) is 0 Å². The summed E-state index contributed by atoms with van der Waals surface area (Å²) in [6.07, 6.45) is 2.23. The van der Waals surface area contributed by atoms with Gasteiger partial charge in [0, 0.05) is 21.6 Å². The second kappa shape index (κ2) is 9.75. The Hall–Kier alpha value is -2.87. The minimum Gasteiger partial charge on any atom is -0.321 e. The van der Waals surface area contributed by atoms with Crippen LogP contribution >= 0.6 is 27.5 Å². The maximum absolute atomic E-state index is 12.6. The molecule has 0 unspecified atom stereocenters. The van der Waals surface area contributed by atoms with E-state index in [-0.39, 0.29) is 5.57 Å². The van der Waals surface area contributed by atoms with Gasteiger partial charge < -0.3 is 5.32 Å². The number of aryl methyl sites for hydroxylation is 1. The molecule has 0 heterocycles. The summed E-state index contributed by atoms with van der Waals surface area (Å²) in [4.78, 5) is 12.6. The van der Waals surface area contributed by atoms with Crippen molar-refractivity contribution in [2.45, 2.75) is 20.3 Å². The molecule has 1 amide bonds. The highest BCUT2D eigenvalue weighted by molar-refractivity contribution is 9.10. The van der Waals surface area contributed by atoms with Gasteiger partial charge in [-0.15, -0.1) is 0 Å². The van der Waals surface area contributed by atoms with Crippen LogP contribution in [-0.2, 0) is 11.2 Å². The van der Waals surface area contributed by atoms with Gasteiger partial charge in [0.25, 0.3) is 5.91 Å². The van der Waals surface area contributed by atoms with Gasteiger partial charge >= 0.3 is 0 Å². The van der Waals surface area contributed by atoms with E-state index in [1.54, 1.807) is 12.1 Å². The van der Waals surface area contributed by atoms with Crippen LogP contribution in [0.25, 0.3) is 6.08 Å². The van der Waals surface area contributed by atoms with Crippen LogP contribution in [0.2, 0.25) is 5.02 Å². The van der Waals surface area contributed by atoms with Crippen LogP contribution in [0, 0.1) is 25.2 Å². The van der Waals surface area contributed by atoms with Gasteiger partial charge in [-0.2, -0.15) is 5.26 Å². The Bertz CT molecular complexity index is 1180. The van der Waals surface area contributed by atoms with Crippen molar-refractivity contribution in [3.05, 3.63) is 104 Å². The number of hydrogen-bond acceptors (Lipinski definition) is 2. The predicted octanol–water partition coefficient (Wildman–Crippen LogP) is 6.86. The number of nitrogens with zero attached hydrogens (tertiary/aromatic N) is 1. The standard InChI is InChI=1S/C25H20BrClN2O/c1-16-6-5-9-24(17(16)2)29-25(30)21(15-28)12-18-10-11-20(23(27)13-18)14-19-7-3-4-8-22(19)26/h3-13H,14H2,1-2H3,(H,29,30)/b21-12+. The number of anilines is 1. The molecule has 0 aromatic heterocycles. The van der Waals surface area contributed by atoms with Crippen molar-refractivity contribution in [2.75, 3.05) is 5.32 Å². The van der Waals surface area contributed by atoms with E-state index < -0.39 is 5.91 Å². The van der Waals surface area contributed by atoms with Crippen LogP contribution in [0.1, 0.15) is 27.8 Å². The summed E-state index contributed by atoms with van der Waals surface area (Å²) in [5, 5.41) is 12.9. The van der Waals surface area contributed by atoms with Crippen molar-refractivity contribution in [2.24, 2.45) is 0 Å². The SMILES string of the molecule is Cc1cccc(NC(=O)/C(C#N)=C/c2ccc(Cc3ccccc3Br)c(Cl)c2)c1C. The molecule has 30 heavy (non-hydrogen) atoms. The Kier molecular flexibility index (Phi) is 7.10. The fraction of sp³-hybridized carbons (Fsp3) is 0.120. The highest BCUT2D eigenvalue weighted by Gasteiger charge is 2.12. The molecule has 0 radical (unpaired) electrons. The van der Waals surface area contributed by atoms with E-state index in [2.05, 4.69) is 21.2 Å². The van der Waals surface area contributed by atoms with Crippen LogP contribution in [-0.4, -0.2) is 5.91 Å². The van der Waals surface area contributed by atoms with Crippen LogP contribution in [0.4, 0.5) is 5.69 Å². The largest absolute Gasteiger partial charge is 0.321 e. The lowest BCUT2D eigenvalue weighted by molar-refractivity contribution is -0.112. The molecule has 3 aromatic rings. The second-order valence-electron chi connectivity index (χ2n) is 6.99. The Morgan fingerprint density at radius 1 is 1.10 bits per heavy atom. The van der Waals surface area contributed by atoms with Crippen LogP contribution in [0.15, 0.2) is 70.7 Å². The molecular formula is C25H20BrClN2O. The number of carbonyl (C=O) groups excluding carboxylic acids is 1. The molecule has 0 aliphatic heterocycles. The van der Waals surface area contributed by atoms with Gasteiger partial charge in [0.15, 0.2) is 0 Å². The first kappa shape index (κ1) is 21.8. The molecule has 5 heteroatoms. The van der Waals surface area contributed by atoms with E-state index >= 15 is 0 Å². The average Bonchev–Trinajstić information content (AvgIpc) is 2.73. The molecular weight excluding hydrogens is 460 g/mol. The van der Waals surface area contributed by atoms with Crippen molar-refractivity contribution in [1.82, 2.24) is 0 Å². The number of carbonyl (C=O) groups is 1. The fourth-order valence-corrected chi connectivity index (χ4v) is 3.72. The van der Waals surface area contributed by atoms with E-state index in [0.717, 1.165) is 26.7 Å². The normalized spacial score (nSPS) is 11.1. The summed E-state index contributed by atoms with van der Waals surface area (Å²) in [5.74, 6) is -0.445. The van der Waals surface area contributed by atoms with Crippen molar-refractivity contribution >= 4 is 45.2 Å². The van der Waals surface area contributed by atoms with E-state index in [9.17, 15) is 10.1 Å². The third-order valence-corrected chi connectivity index (χ3v) is 6.07. The average molecular weight is 480 g/mol. The van der Waals surface area contributed by atoms with E-state index in [1.165, 1.54) is 0 Å². The van der Waals surface area contributed by atoms with Gasteiger partial charge in [-0.1, -0.05) is 70.0 Å². The number of nitrogens with one attached hydrogen (secondary N) is 1. The van der Waals surface area contributed by atoms with Crippen molar-refractivity contribution in [3.8, 4) is 6.07 Å². The lowest BCUT2D eigenvalue weighted by Crippen LogP contribution is -2.14. The highest BCUT2D eigenvalue weighted by atomic mass is 79.9. The molecule has 150 valence electrons. The minimum absolute atomic E-state index is 0.0190. The number of hydrogen-bond donors (Lipinski definition) is 1.